The lowest BCUT2D eigenvalue weighted by atomic mass is 10.1. The predicted molar refractivity (Wildman–Crippen MR) is 105 cm³/mol. The second kappa shape index (κ2) is 8.29. The quantitative estimate of drug-likeness (QED) is 0.681. The van der Waals surface area contributed by atoms with Gasteiger partial charge in [0.15, 0.2) is 0 Å². The average molecular weight is 427 g/mol. The molecule has 0 spiro atoms. The number of halogens is 1. The van der Waals surface area contributed by atoms with Crippen LogP contribution in [0.2, 0.25) is 0 Å². The van der Waals surface area contributed by atoms with Crippen LogP contribution < -0.4 is 4.90 Å². The van der Waals surface area contributed by atoms with Gasteiger partial charge < -0.3 is 19.3 Å². The third-order valence-corrected chi connectivity index (χ3v) is 4.77. The van der Waals surface area contributed by atoms with Crippen molar-refractivity contribution in [2.24, 2.45) is 0 Å². The van der Waals surface area contributed by atoms with Crippen molar-refractivity contribution >= 4 is 33.7 Å². The smallest absolute Gasteiger partial charge is 0.410 e. The van der Waals surface area contributed by atoms with Gasteiger partial charge in [0.25, 0.3) is 0 Å². The van der Waals surface area contributed by atoms with Gasteiger partial charge in [-0.3, -0.25) is 0 Å². The van der Waals surface area contributed by atoms with E-state index in [4.69, 9.17) is 9.47 Å². The Labute approximate surface area is 163 Å². The van der Waals surface area contributed by atoms with Crippen molar-refractivity contribution in [2.75, 3.05) is 31.6 Å². The number of hydrogen-bond acceptors (Lipinski definition) is 5. The van der Waals surface area contributed by atoms with Crippen LogP contribution in [0.25, 0.3) is 0 Å². The van der Waals surface area contributed by atoms with E-state index in [2.05, 4.69) is 27.8 Å². The van der Waals surface area contributed by atoms with Crippen molar-refractivity contribution in [3.63, 3.8) is 0 Å². The van der Waals surface area contributed by atoms with Crippen molar-refractivity contribution in [1.82, 2.24) is 4.90 Å². The highest BCUT2D eigenvalue weighted by molar-refractivity contribution is 9.10. The molecule has 1 amide bonds. The van der Waals surface area contributed by atoms with Crippen molar-refractivity contribution in [2.45, 2.75) is 45.8 Å². The summed E-state index contributed by atoms with van der Waals surface area (Å²) in [7, 11) is 1.38. The molecule has 1 fully saturated rings. The van der Waals surface area contributed by atoms with E-state index in [0.29, 0.717) is 25.2 Å². The average Bonchev–Trinajstić information content (AvgIpc) is 2.59. The molecule has 6 nitrogen and oxygen atoms in total. The lowest BCUT2D eigenvalue weighted by Crippen LogP contribution is -2.55. The van der Waals surface area contributed by atoms with Gasteiger partial charge in [-0.1, -0.05) is 22.9 Å². The van der Waals surface area contributed by atoms with Gasteiger partial charge >= 0.3 is 12.1 Å². The number of benzene rings is 1. The van der Waals surface area contributed by atoms with Gasteiger partial charge in [-0.15, -0.1) is 0 Å². The molecule has 0 N–H and O–H groups in total. The Kier molecular flexibility index (Phi) is 6.55. The molecule has 7 heteroatoms. The highest BCUT2D eigenvalue weighted by atomic mass is 79.9. The molecule has 26 heavy (non-hydrogen) atoms. The van der Waals surface area contributed by atoms with Crippen LogP contribution in [0.5, 0.6) is 0 Å². The van der Waals surface area contributed by atoms with Crippen molar-refractivity contribution in [3.8, 4) is 0 Å². The Balaban J connectivity index is 2.23. The first-order chi connectivity index (χ1) is 12.2. The summed E-state index contributed by atoms with van der Waals surface area (Å²) >= 11 is 3.41. The van der Waals surface area contributed by atoms with Crippen LogP contribution in [0.4, 0.5) is 10.5 Å². The summed E-state index contributed by atoms with van der Waals surface area (Å²) in [6, 6.07) is 5.70. The van der Waals surface area contributed by atoms with Crippen LogP contribution in [0.3, 0.4) is 0 Å². The Morgan fingerprint density at radius 3 is 2.54 bits per heavy atom. The van der Waals surface area contributed by atoms with E-state index in [1.54, 1.807) is 11.0 Å². The molecule has 144 valence electrons. The predicted octanol–water partition coefficient (Wildman–Crippen LogP) is 4.07. The summed E-state index contributed by atoms with van der Waals surface area (Å²) in [5, 5.41) is 0. The topological polar surface area (TPSA) is 59.1 Å². The van der Waals surface area contributed by atoms with E-state index in [1.165, 1.54) is 7.11 Å². The number of carbonyl (C=O) groups is 2. The highest BCUT2D eigenvalue weighted by Crippen LogP contribution is 2.30. The summed E-state index contributed by atoms with van der Waals surface area (Å²) in [5.41, 5.74) is 0.835. The Morgan fingerprint density at radius 2 is 1.96 bits per heavy atom. The monoisotopic (exact) mass is 426 g/mol. The lowest BCUT2D eigenvalue weighted by Gasteiger charge is -2.43. The molecule has 1 aliphatic rings. The summed E-state index contributed by atoms with van der Waals surface area (Å²) in [6.45, 7) is 9.40. The molecule has 1 aliphatic heterocycles. The van der Waals surface area contributed by atoms with Gasteiger partial charge in [-0.2, -0.15) is 0 Å². The van der Waals surface area contributed by atoms with E-state index in [9.17, 15) is 9.59 Å². The van der Waals surface area contributed by atoms with Gasteiger partial charge in [-0.25, -0.2) is 9.59 Å². The fourth-order valence-electron chi connectivity index (χ4n) is 3.05. The minimum absolute atomic E-state index is 0.0980. The van der Waals surface area contributed by atoms with Crippen LogP contribution >= 0.6 is 15.9 Å². The van der Waals surface area contributed by atoms with Gasteiger partial charge in [0, 0.05) is 30.1 Å². The molecule has 0 aliphatic carbocycles. The molecule has 1 saturated heterocycles. The van der Waals surface area contributed by atoms with E-state index >= 15 is 0 Å². The van der Waals surface area contributed by atoms with E-state index in [0.717, 1.165) is 16.6 Å². The second-order valence-corrected chi connectivity index (χ2v) is 8.25. The maximum absolute atomic E-state index is 12.4. The van der Waals surface area contributed by atoms with Crippen LogP contribution in [0.15, 0.2) is 22.7 Å². The zero-order valence-electron chi connectivity index (χ0n) is 16.0. The Bertz CT molecular complexity index is 672. The summed E-state index contributed by atoms with van der Waals surface area (Å²) in [6.07, 6.45) is 0.551. The van der Waals surface area contributed by atoms with Crippen molar-refractivity contribution in [3.05, 3.63) is 28.2 Å². The molecule has 1 atom stereocenters. The molecule has 0 aromatic heterocycles. The maximum Gasteiger partial charge on any atom is 0.410 e. The van der Waals surface area contributed by atoms with Crippen molar-refractivity contribution in [1.29, 1.82) is 0 Å². The molecule has 0 saturated carbocycles. The molecular weight excluding hydrogens is 400 g/mol. The van der Waals surface area contributed by atoms with E-state index in [1.807, 2.05) is 32.9 Å². The maximum atomic E-state index is 12.4. The van der Waals surface area contributed by atoms with E-state index in [-0.39, 0.29) is 18.1 Å². The number of piperazine rings is 1. The first-order valence-corrected chi connectivity index (χ1v) is 9.58. The zero-order valence-corrected chi connectivity index (χ0v) is 17.6. The third-order valence-electron chi connectivity index (χ3n) is 4.28. The van der Waals surface area contributed by atoms with Crippen LogP contribution in [0, 0.1) is 0 Å². The minimum atomic E-state index is -0.514. The van der Waals surface area contributed by atoms with Crippen LogP contribution in [-0.4, -0.2) is 55.3 Å². The summed E-state index contributed by atoms with van der Waals surface area (Å²) in [5.74, 6) is -0.370. The number of amides is 1. The molecular formula is C19H27BrN2O4. The first kappa shape index (κ1) is 20.6. The van der Waals surface area contributed by atoms with Crippen molar-refractivity contribution < 1.29 is 19.1 Å². The molecule has 0 bridgehead atoms. The number of methoxy groups -OCH3 is 1. The van der Waals surface area contributed by atoms with Gasteiger partial charge in [0.05, 0.1) is 18.4 Å². The summed E-state index contributed by atoms with van der Waals surface area (Å²) < 4.78 is 11.3. The summed E-state index contributed by atoms with van der Waals surface area (Å²) in [4.78, 5) is 28.5. The van der Waals surface area contributed by atoms with Crippen LogP contribution in [-0.2, 0) is 9.47 Å². The Morgan fingerprint density at radius 1 is 1.27 bits per heavy atom. The first-order valence-electron chi connectivity index (χ1n) is 8.78. The molecule has 0 radical (unpaired) electrons. The number of esters is 1. The van der Waals surface area contributed by atoms with Gasteiger partial charge in [-0.05, 0) is 45.4 Å². The number of ether oxygens (including phenoxy) is 2. The second-order valence-electron chi connectivity index (χ2n) is 7.33. The number of hydrogen-bond donors (Lipinski definition) is 0. The molecule has 1 aromatic carbocycles. The number of carbonyl (C=O) groups excluding carboxylic acids is 2. The molecule has 0 unspecified atom stereocenters. The standard InChI is InChI=1S/C19H27BrN2O4/c1-6-14-12-21(18(24)26-19(2,3)4)9-10-22(14)16-8-7-13(20)11-15(16)17(23)25-5/h7-8,11,14H,6,9-10,12H2,1-5H3/t14-/m1/s1. The van der Waals surface area contributed by atoms with E-state index < -0.39 is 5.60 Å². The largest absolute Gasteiger partial charge is 0.465 e. The SMILES string of the molecule is CC[C@@H]1CN(C(=O)OC(C)(C)C)CCN1c1ccc(Br)cc1C(=O)OC. The lowest BCUT2D eigenvalue weighted by molar-refractivity contribution is 0.0212. The fraction of sp³-hybridized carbons (Fsp3) is 0.579. The zero-order chi connectivity index (χ0) is 19.5. The van der Waals surface area contributed by atoms with Gasteiger partial charge in [0.1, 0.15) is 5.60 Å². The normalized spacial score (nSPS) is 17.8. The number of anilines is 1. The molecule has 1 aromatic rings. The minimum Gasteiger partial charge on any atom is -0.465 e. The molecule has 2 rings (SSSR count). The van der Waals surface area contributed by atoms with Crippen LogP contribution in [0.1, 0.15) is 44.5 Å². The Hall–Kier alpha value is -1.76. The fourth-order valence-corrected chi connectivity index (χ4v) is 3.41. The number of nitrogens with zero attached hydrogens (tertiary/aromatic N) is 2. The number of rotatable bonds is 3. The highest BCUT2D eigenvalue weighted by Gasteiger charge is 2.32. The third kappa shape index (κ3) is 4.90. The van der Waals surface area contributed by atoms with Gasteiger partial charge in [0.2, 0.25) is 0 Å². The molecule has 1 heterocycles.